The zero-order valence-electron chi connectivity index (χ0n) is 20.2. The van der Waals surface area contributed by atoms with Gasteiger partial charge in [-0.05, 0) is 38.3 Å². The number of rotatable bonds is 11. The number of anilines is 2. The molecule has 0 radical (unpaired) electrons. The van der Waals surface area contributed by atoms with E-state index < -0.39 is 29.7 Å². The van der Waals surface area contributed by atoms with Gasteiger partial charge in [0.2, 0.25) is 0 Å². The molecule has 0 aliphatic rings. The van der Waals surface area contributed by atoms with Crippen molar-refractivity contribution in [3.63, 3.8) is 0 Å². The van der Waals surface area contributed by atoms with Crippen LogP contribution < -0.4 is 26.6 Å². The van der Waals surface area contributed by atoms with Crippen molar-refractivity contribution in [2.75, 3.05) is 44.1 Å². The first-order valence-electron chi connectivity index (χ1n) is 10.9. The number of benzene rings is 1. The number of carbonyl (C=O) groups excluding carboxylic acids is 2. The fourth-order valence-electron chi connectivity index (χ4n) is 3.61. The number of amides is 1. The van der Waals surface area contributed by atoms with Crippen LogP contribution in [0.5, 0.6) is 5.75 Å². The molecular weight excluding hydrogens is 444 g/mol. The molecule has 0 unspecified atom stereocenters. The molecule has 2 rings (SSSR count). The third kappa shape index (κ3) is 6.47. The Balaban J connectivity index is 2.15. The molecular formula is C23H32N4O7. The summed E-state index contributed by atoms with van der Waals surface area (Å²) in [4.78, 5) is 52.9. The van der Waals surface area contributed by atoms with E-state index in [2.05, 4.69) is 4.98 Å². The summed E-state index contributed by atoms with van der Waals surface area (Å²) in [7, 11) is 1.43. The Morgan fingerprint density at radius 1 is 1.12 bits per heavy atom. The predicted molar refractivity (Wildman–Crippen MR) is 127 cm³/mol. The molecule has 1 amide bonds. The number of aryl methyl sites for hydroxylation is 3. The van der Waals surface area contributed by atoms with Gasteiger partial charge in [0.15, 0.2) is 18.9 Å². The van der Waals surface area contributed by atoms with Crippen molar-refractivity contribution in [3.05, 3.63) is 49.7 Å². The number of aromatic nitrogens is 2. The molecule has 0 spiro atoms. The third-order valence-electron chi connectivity index (χ3n) is 5.05. The average molecular weight is 477 g/mol. The van der Waals surface area contributed by atoms with Crippen LogP contribution in [0.15, 0.2) is 21.7 Å². The molecule has 0 aliphatic carbocycles. The number of nitrogens with zero attached hydrogens (tertiary/aromatic N) is 2. The van der Waals surface area contributed by atoms with E-state index in [1.807, 2.05) is 39.8 Å². The van der Waals surface area contributed by atoms with Crippen molar-refractivity contribution < 1.29 is 23.8 Å². The van der Waals surface area contributed by atoms with Gasteiger partial charge < -0.3 is 19.9 Å². The zero-order valence-corrected chi connectivity index (χ0v) is 20.2. The second kappa shape index (κ2) is 12.0. The topological polar surface area (TPSA) is 146 Å². The Kier molecular flexibility index (Phi) is 9.43. The van der Waals surface area contributed by atoms with Crippen LogP contribution in [-0.2, 0) is 25.6 Å². The maximum Gasteiger partial charge on any atom is 0.344 e. The van der Waals surface area contributed by atoms with Crippen LogP contribution in [0.2, 0.25) is 0 Å². The van der Waals surface area contributed by atoms with Crippen molar-refractivity contribution >= 4 is 23.4 Å². The van der Waals surface area contributed by atoms with Gasteiger partial charge in [0.05, 0.1) is 6.61 Å². The lowest BCUT2D eigenvalue weighted by molar-refractivity contribution is -0.149. The highest BCUT2D eigenvalue weighted by molar-refractivity contribution is 5.97. The Morgan fingerprint density at radius 2 is 1.76 bits per heavy atom. The first kappa shape index (κ1) is 26.7. The number of aromatic amines is 1. The molecule has 0 saturated heterocycles. The normalized spacial score (nSPS) is 10.7. The van der Waals surface area contributed by atoms with E-state index in [-0.39, 0.29) is 37.8 Å². The number of H-pyrrole nitrogens is 1. The molecule has 0 aliphatic heterocycles. The second-order valence-corrected chi connectivity index (χ2v) is 7.86. The number of carbonyl (C=O) groups is 2. The van der Waals surface area contributed by atoms with Crippen molar-refractivity contribution in [2.24, 2.45) is 0 Å². The molecule has 0 bridgehead atoms. The summed E-state index contributed by atoms with van der Waals surface area (Å²) in [5.41, 5.74) is 7.21. The number of ether oxygens (including phenoxy) is 3. The molecule has 0 atom stereocenters. The quantitative estimate of drug-likeness (QED) is 0.458. The first-order chi connectivity index (χ1) is 16.1. The fourth-order valence-corrected chi connectivity index (χ4v) is 3.61. The van der Waals surface area contributed by atoms with Crippen LogP contribution in [0.25, 0.3) is 0 Å². The number of esters is 1. The predicted octanol–water partition coefficient (Wildman–Crippen LogP) is 1.06. The van der Waals surface area contributed by atoms with Gasteiger partial charge in [0.1, 0.15) is 11.6 Å². The van der Waals surface area contributed by atoms with E-state index in [9.17, 15) is 19.2 Å². The van der Waals surface area contributed by atoms with Gasteiger partial charge in [0.25, 0.3) is 11.5 Å². The third-order valence-corrected chi connectivity index (χ3v) is 5.05. The summed E-state index contributed by atoms with van der Waals surface area (Å²) in [6, 6.07) is 3.87. The standard InChI is InChI=1S/C23H32N4O7/c1-6-7-27-21(24)19(22(30)25-23(27)31)26(8-9-32-5)17(28)12-33-18(29)13-34-20-15(3)10-14(2)11-16(20)4/h10-11H,6-9,12-13,24H2,1-5H3,(H,25,30,31). The van der Waals surface area contributed by atoms with Gasteiger partial charge in [-0.1, -0.05) is 24.6 Å². The highest BCUT2D eigenvalue weighted by Gasteiger charge is 2.25. The van der Waals surface area contributed by atoms with Crippen molar-refractivity contribution in [2.45, 2.75) is 40.7 Å². The van der Waals surface area contributed by atoms with Crippen LogP contribution >= 0.6 is 0 Å². The van der Waals surface area contributed by atoms with Crippen molar-refractivity contribution in [1.82, 2.24) is 9.55 Å². The smallest absolute Gasteiger partial charge is 0.344 e. The van der Waals surface area contributed by atoms with Gasteiger partial charge >= 0.3 is 11.7 Å². The largest absolute Gasteiger partial charge is 0.481 e. The van der Waals surface area contributed by atoms with Gasteiger partial charge in [0, 0.05) is 20.2 Å². The summed E-state index contributed by atoms with van der Waals surface area (Å²) in [6.45, 7) is 6.81. The second-order valence-electron chi connectivity index (χ2n) is 7.86. The minimum atomic E-state index is -0.820. The summed E-state index contributed by atoms with van der Waals surface area (Å²) < 4.78 is 16.9. The minimum Gasteiger partial charge on any atom is -0.481 e. The molecule has 3 N–H and O–H groups in total. The molecule has 1 heterocycles. The lowest BCUT2D eigenvalue weighted by Crippen LogP contribution is -2.44. The monoisotopic (exact) mass is 476 g/mol. The van der Waals surface area contributed by atoms with Gasteiger partial charge in [-0.25, -0.2) is 9.59 Å². The highest BCUT2D eigenvalue weighted by Crippen LogP contribution is 2.24. The van der Waals surface area contributed by atoms with Gasteiger partial charge in [-0.2, -0.15) is 0 Å². The van der Waals surface area contributed by atoms with Crippen molar-refractivity contribution in [1.29, 1.82) is 0 Å². The number of nitrogens with two attached hydrogens (primary N) is 1. The molecule has 1 aromatic heterocycles. The van der Waals surface area contributed by atoms with Crippen molar-refractivity contribution in [3.8, 4) is 5.75 Å². The van der Waals surface area contributed by atoms with E-state index in [1.54, 1.807) is 0 Å². The highest BCUT2D eigenvalue weighted by atomic mass is 16.6. The summed E-state index contributed by atoms with van der Waals surface area (Å²) in [5, 5.41) is 0. The number of hydrogen-bond donors (Lipinski definition) is 2. The molecule has 0 saturated carbocycles. The SMILES string of the molecule is CCCn1c(N)c(N(CCOC)C(=O)COC(=O)COc2c(C)cc(C)cc2C)c(=O)[nH]c1=O. The Hall–Kier alpha value is -3.60. The Bertz CT molecular complexity index is 1130. The zero-order chi connectivity index (χ0) is 25.4. The van der Waals surface area contributed by atoms with Gasteiger partial charge in [-0.3, -0.25) is 24.0 Å². The van der Waals surface area contributed by atoms with E-state index in [4.69, 9.17) is 19.9 Å². The van der Waals surface area contributed by atoms with Crippen LogP contribution in [0.3, 0.4) is 0 Å². The average Bonchev–Trinajstić information content (AvgIpc) is 2.76. The molecule has 11 nitrogen and oxygen atoms in total. The molecule has 186 valence electrons. The minimum absolute atomic E-state index is 0.0389. The molecule has 1 aromatic carbocycles. The van der Waals surface area contributed by atoms with E-state index in [1.165, 1.54) is 11.7 Å². The fraction of sp³-hybridized carbons (Fsp3) is 0.478. The molecule has 2 aromatic rings. The summed E-state index contributed by atoms with van der Waals surface area (Å²) in [5.74, 6) is -1.03. The summed E-state index contributed by atoms with van der Waals surface area (Å²) in [6.07, 6.45) is 0.582. The number of hydrogen-bond acceptors (Lipinski definition) is 8. The summed E-state index contributed by atoms with van der Waals surface area (Å²) >= 11 is 0. The van der Waals surface area contributed by atoms with E-state index >= 15 is 0 Å². The van der Waals surface area contributed by atoms with E-state index in [0.717, 1.165) is 21.6 Å². The Labute approximate surface area is 197 Å². The Morgan fingerprint density at radius 3 is 2.35 bits per heavy atom. The number of methoxy groups -OCH3 is 1. The molecule has 34 heavy (non-hydrogen) atoms. The van der Waals surface area contributed by atoms with Crippen LogP contribution in [-0.4, -0.2) is 54.9 Å². The van der Waals surface area contributed by atoms with Crippen LogP contribution in [0, 0.1) is 20.8 Å². The van der Waals surface area contributed by atoms with Gasteiger partial charge in [-0.15, -0.1) is 0 Å². The van der Waals surface area contributed by atoms with Crippen LogP contribution in [0.1, 0.15) is 30.0 Å². The lowest BCUT2D eigenvalue weighted by Gasteiger charge is -2.24. The van der Waals surface area contributed by atoms with E-state index in [0.29, 0.717) is 12.2 Å². The number of nitrogen functional groups attached to an aromatic ring is 1. The maximum atomic E-state index is 12.9. The molecule has 0 fully saturated rings. The maximum absolute atomic E-state index is 12.9. The lowest BCUT2D eigenvalue weighted by atomic mass is 10.1. The first-order valence-corrected chi connectivity index (χ1v) is 10.9. The van der Waals surface area contributed by atoms with Crippen LogP contribution in [0.4, 0.5) is 11.5 Å². The molecule has 11 heteroatoms. The number of nitrogens with one attached hydrogen (secondary N) is 1.